The minimum absolute atomic E-state index is 0.0308. The number of amides is 1. The van der Waals surface area contributed by atoms with Crippen molar-refractivity contribution in [3.63, 3.8) is 0 Å². The molecular weight excluding hydrogens is 464 g/mol. The molecule has 35 heavy (non-hydrogen) atoms. The van der Waals surface area contributed by atoms with Gasteiger partial charge in [0.1, 0.15) is 5.75 Å². The van der Waals surface area contributed by atoms with Crippen LogP contribution in [-0.4, -0.2) is 56.5 Å². The molecule has 0 saturated carbocycles. The molecule has 0 aromatic heterocycles. The molecule has 8 heteroatoms. The molecule has 1 saturated heterocycles. The number of fused-ring (bicyclic) bond motifs is 1. The van der Waals surface area contributed by atoms with Gasteiger partial charge in [0.2, 0.25) is 15.8 Å². The van der Waals surface area contributed by atoms with E-state index in [0.29, 0.717) is 43.0 Å². The Kier molecular flexibility index (Phi) is 6.13. The van der Waals surface area contributed by atoms with Crippen molar-refractivity contribution in [3.8, 4) is 16.9 Å². The maximum Gasteiger partial charge on any atom is 0.253 e. The van der Waals surface area contributed by atoms with Crippen LogP contribution in [0.3, 0.4) is 0 Å². The standard InChI is InChI=1S/C27H28N2O5S/c1-28(2)26(30)21-10-8-20(9-11-21)22-12-13-25-23(18-22)19-33-27(34-25)14-16-29(17-15-27)35(31,32)24-6-4-3-5-7-24/h3-13,18H,14-17,19H2,1-2H3. The largest absolute Gasteiger partial charge is 0.462 e. The van der Waals surface area contributed by atoms with E-state index in [9.17, 15) is 13.2 Å². The van der Waals surface area contributed by atoms with Crippen LogP contribution in [-0.2, 0) is 21.4 Å². The average Bonchev–Trinajstić information content (AvgIpc) is 2.89. The van der Waals surface area contributed by atoms with Crippen LogP contribution in [0.25, 0.3) is 11.1 Å². The molecule has 0 aliphatic carbocycles. The van der Waals surface area contributed by atoms with E-state index in [4.69, 9.17) is 9.47 Å². The van der Waals surface area contributed by atoms with Crippen molar-refractivity contribution < 1.29 is 22.7 Å². The molecule has 1 spiro atoms. The molecule has 0 unspecified atom stereocenters. The van der Waals surface area contributed by atoms with Gasteiger partial charge in [-0.05, 0) is 47.5 Å². The van der Waals surface area contributed by atoms with E-state index in [-0.39, 0.29) is 5.91 Å². The highest BCUT2D eigenvalue weighted by Crippen LogP contribution is 2.40. The maximum atomic E-state index is 12.9. The Morgan fingerprint density at radius 3 is 2.23 bits per heavy atom. The van der Waals surface area contributed by atoms with Crippen LogP contribution in [0.4, 0.5) is 0 Å². The van der Waals surface area contributed by atoms with Gasteiger partial charge in [-0.1, -0.05) is 36.4 Å². The van der Waals surface area contributed by atoms with E-state index in [0.717, 1.165) is 22.4 Å². The molecule has 3 aromatic rings. The summed E-state index contributed by atoms with van der Waals surface area (Å²) in [5, 5.41) is 0. The number of carbonyl (C=O) groups is 1. The van der Waals surface area contributed by atoms with Crippen LogP contribution >= 0.6 is 0 Å². The molecule has 1 fully saturated rings. The van der Waals surface area contributed by atoms with Crippen LogP contribution in [0.1, 0.15) is 28.8 Å². The molecular formula is C27H28N2O5S. The fourth-order valence-corrected chi connectivity index (χ4v) is 5.99. The first-order chi connectivity index (χ1) is 16.8. The summed E-state index contributed by atoms with van der Waals surface area (Å²) in [4.78, 5) is 14.0. The Morgan fingerprint density at radius 1 is 0.914 bits per heavy atom. The van der Waals surface area contributed by atoms with Crippen molar-refractivity contribution in [3.05, 3.63) is 83.9 Å². The Hall–Kier alpha value is -3.20. The predicted molar refractivity (Wildman–Crippen MR) is 132 cm³/mol. The smallest absolute Gasteiger partial charge is 0.253 e. The number of nitrogens with zero attached hydrogens (tertiary/aromatic N) is 2. The predicted octanol–water partition coefficient (Wildman–Crippen LogP) is 4.15. The van der Waals surface area contributed by atoms with Gasteiger partial charge in [-0.3, -0.25) is 4.79 Å². The van der Waals surface area contributed by atoms with Crippen molar-refractivity contribution >= 4 is 15.9 Å². The number of hydrogen-bond acceptors (Lipinski definition) is 5. The molecule has 2 aliphatic heterocycles. The summed E-state index contributed by atoms with van der Waals surface area (Å²) in [6.45, 7) is 1.07. The fraction of sp³-hybridized carbons (Fsp3) is 0.296. The Labute approximate surface area is 205 Å². The molecule has 5 rings (SSSR count). The normalized spacial score (nSPS) is 17.4. The highest BCUT2D eigenvalue weighted by molar-refractivity contribution is 7.89. The molecule has 0 N–H and O–H groups in total. The van der Waals surface area contributed by atoms with E-state index in [2.05, 4.69) is 0 Å². The summed E-state index contributed by atoms with van der Waals surface area (Å²) in [6, 6.07) is 22.0. The lowest BCUT2D eigenvalue weighted by Crippen LogP contribution is -2.52. The Balaban J connectivity index is 1.28. The molecule has 7 nitrogen and oxygen atoms in total. The second-order valence-electron chi connectivity index (χ2n) is 9.12. The first kappa shape index (κ1) is 23.5. The van der Waals surface area contributed by atoms with Crippen molar-refractivity contribution in [2.24, 2.45) is 0 Å². The zero-order valence-corrected chi connectivity index (χ0v) is 20.6. The monoisotopic (exact) mass is 492 g/mol. The lowest BCUT2D eigenvalue weighted by atomic mass is 9.99. The molecule has 1 amide bonds. The van der Waals surface area contributed by atoms with E-state index >= 15 is 0 Å². The van der Waals surface area contributed by atoms with E-state index < -0.39 is 15.8 Å². The second-order valence-corrected chi connectivity index (χ2v) is 11.1. The van der Waals surface area contributed by atoms with E-state index in [1.165, 1.54) is 4.31 Å². The van der Waals surface area contributed by atoms with Crippen molar-refractivity contribution in [2.45, 2.75) is 30.1 Å². The number of hydrogen-bond donors (Lipinski definition) is 0. The number of carbonyl (C=O) groups excluding carboxylic acids is 1. The molecule has 182 valence electrons. The van der Waals surface area contributed by atoms with Gasteiger partial charge in [-0.25, -0.2) is 8.42 Å². The molecule has 0 atom stereocenters. The van der Waals surface area contributed by atoms with Gasteiger partial charge in [-0.2, -0.15) is 4.31 Å². The average molecular weight is 493 g/mol. The molecule has 0 radical (unpaired) electrons. The first-order valence-electron chi connectivity index (χ1n) is 11.6. The summed E-state index contributed by atoms with van der Waals surface area (Å²) in [5.74, 6) is -0.0822. The number of piperidine rings is 1. The second kappa shape index (κ2) is 9.11. The molecule has 0 bridgehead atoms. The zero-order valence-electron chi connectivity index (χ0n) is 19.8. The van der Waals surface area contributed by atoms with Gasteiger partial charge in [0.25, 0.3) is 5.91 Å². The number of ether oxygens (including phenoxy) is 2. The molecule has 2 heterocycles. The van der Waals surface area contributed by atoms with Crippen LogP contribution in [0, 0.1) is 0 Å². The van der Waals surface area contributed by atoms with Gasteiger partial charge < -0.3 is 14.4 Å². The summed E-state index contributed by atoms with van der Waals surface area (Å²) < 4.78 is 39.9. The third-order valence-corrected chi connectivity index (χ3v) is 8.50. The number of benzene rings is 3. The van der Waals surface area contributed by atoms with Gasteiger partial charge >= 0.3 is 0 Å². The topological polar surface area (TPSA) is 76.2 Å². The summed E-state index contributed by atoms with van der Waals surface area (Å²) in [5.41, 5.74) is 3.61. The lowest BCUT2D eigenvalue weighted by Gasteiger charge is -2.43. The van der Waals surface area contributed by atoms with Crippen LogP contribution in [0.15, 0.2) is 77.7 Å². The van der Waals surface area contributed by atoms with Gasteiger partial charge in [0.05, 0.1) is 11.5 Å². The van der Waals surface area contributed by atoms with Crippen molar-refractivity contribution in [1.82, 2.24) is 9.21 Å². The fourth-order valence-electron chi connectivity index (χ4n) is 4.53. The zero-order chi connectivity index (χ0) is 24.6. The van der Waals surface area contributed by atoms with E-state index in [1.807, 2.05) is 42.5 Å². The highest BCUT2D eigenvalue weighted by atomic mass is 32.2. The minimum atomic E-state index is -3.53. The third kappa shape index (κ3) is 4.57. The molecule has 3 aromatic carbocycles. The van der Waals surface area contributed by atoms with Crippen molar-refractivity contribution in [2.75, 3.05) is 27.2 Å². The highest BCUT2D eigenvalue weighted by Gasteiger charge is 2.43. The van der Waals surface area contributed by atoms with Crippen LogP contribution < -0.4 is 4.74 Å². The van der Waals surface area contributed by atoms with Gasteiger partial charge in [-0.15, -0.1) is 0 Å². The third-order valence-electron chi connectivity index (χ3n) is 6.58. The number of rotatable bonds is 4. The van der Waals surface area contributed by atoms with Crippen molar-refractivity contribution in [1.29, 1.82) is 0 Å². The van der Waals surface area contributed by atoms with E-state index in [1.54, 1.807) is 49.3 Å². The van der Waals surface area contributed by atoms with Gasteiger partial charge in [0.15, 0.2) is 0 Å². The molecule has 2 aliphatic rings. The first-order valence-corrected chi connectivity index (χ1v) is 13.0. The maximum absolute atomic E-state index is 12.9. The van der Waals surface area contributed by atoms with Gasteiger partial charge in [0, 0.05) is 51.2 Å². The summed E-state index contributed by atoms with van der Waals surface area (Å²) in [6.07, 6.45) is 0.920. The Morgan fingerprint density at radius 2 is 1.57 bits per heavy atom. The van der Waals surface area contributed by atoms with Crippen LogP contribution in [0.5, 0.6) is 5.75 Å². The quantitative estimate of drug-likeness (QED) is 0.547. The number of sulfonamides is 1. The summed E-state index contributed by atoms with van der Waals surface area (Å²) in [7, 11) is -0.0597. The SMILES string of the molecule is CN(C)C(=O)c1ccc(-c2ccc3c(c2)COC2(CCN(S(=O)(=O)c4ccccc4)CC2)O3)cc1. The Bertz CT molecular complexity index is 1330. The minimum Gasteiger partial charge on any atom is -0.462 e. The summed E-state index contributed by atoms with van der Waals surface area (Å²) >= 11 is 0. The lowest BCUT2D eigenvalue weighted by molar-refractivity contribution is -0.223. The van der Waals surface area contributed by atoms with Crippen LogP contribution in [0.2, 0.25) is 0 Å².